The van der Waals surface area contributed by atoms with E-state index < -0.39 is 0 Å². The number of fused-ring (bicyclic) bond motifs is 1. The van der Waals surface area contributed by atoms with Gasteiger partial charge in [0.15, 0.2) is 0 Å². The van der Waals surface area contributed by atoms with Crippen LogP contribution in [-0.4, -0.2) is 6.54 Å². The lowest BCUT2D eigenvalue weighted by Crippen LogP contribution is -2.21. The Labute approximate surface area is 111 Å². The molecule has 2 rings (SSSR count). The van der Waals surface area contributed by atoms with Crippen LogP contribution in [0, 0.1) is 5.82 Å². The van der Waals surface area contributed by atoms with Gasteiger partial charge in [-0.1, -0.05) is 19.1 Å². The summed E-state index contributed by atoms with van der Waals surface area (Å²) < 4.78 is 14.3. The zero-order valence-electron chi connectivity index (χ0n) is 10.8. The summed E-state index contributed by atoms with van der Waals surface area (Å²) in [5, 5.41) is 4.45. The minimum absolute atomic E-state index is 0.172. The lowest BCUT2D eigenvalue weighted by Gasteiger charge is -2.16. The Hall–Kier alpha value is -1.19. The lowest BCUT2D eigenvalue weighted by atomic mass is 10.1. The third-order valence-corrected chi connectivity index (χ3v) is 4.05. The van der Waals surface area contributed by atoms with Crippen molar-refractivity contribution >= 4 is 21.4 Å². The average Bonchev–Trinajstić information content (AvgIpc) is 2.71. The van der Waals surface area contributed by atoms with Crippen LogP contribution in [0.2, 0.25) is 0 Å². The van der Waals surface area contributed by atoms with Gasteiger partial charge in [0.1, 0.15) is 5.82 Å². The van der Waals surface area contributed by atoms with Crippen molar-refractivity contribution in [3.8, 4) is 0 Å². The predicted molar refractivity (Wildman–Crippen MR) is 77.6 cm³/mol. The molecule has 1 aromatic carbocycles. The molecule has 0 aliphatic carbocycles. The standard InChI is InChI=1S/C15H18FNS/c1-4-7-17-15(10(2)3)14-9-11-8-12(16)5-6-13(11)18-14/h5-6,8-9,15,17H,2,4,7H2,1,3H3. The fraction of sp³-hybridized carbons (Fsp3) is 0.333. The van der Waals surface area contributed by atoms with Crippen molar-refractivity contribution in [3.63, 3.8) is 0 Å². The van der Waals surface area contributed by atoms with Crippen LogP contribution in [0.25, 0.3) is 10.1 Å². The first kappa shape index (κ1) is 13.2. The molecule has 0 radical (unpaired) electrons. The number of rotatable bonds is 5. The van der Waals surface area contributed by atoms with E-state index in [0.29, 0.717) is 0 Å². The normalized spacial score (nSPS) is 12.8. The summed E-state index contributed by atoms with van der Waals surface area (Å²) in [6.45, 7) is 9.17. The van der Waals surface area contributed by atoms with Gasteiger partial charge in [0, 0.05) is 9.58 Å². The SMILES string of the molecule is C=C(C)C(NCCC)c1cc2cc(F)ccc2s1. The molecular formula is C15H18FNS. The van der Waals surface area contributed by atoms with Crippen molar-refractivity contribution in [2.75, 3.05) is 6.54 Å². The molecule has 3 heteroatoms. The molecule has 0 spiro atoms. The molecule has 0 bridgehead atoms. The zero-order chi connectivity index (χ0) is 13.1. The molecule has 0 fully saturated rings. The van der Waals surface area contributed by atoms with Crippen molar-refractivity contribution in [3.05, 3.63) is 47.1 Å². The molecule has 1 unspecified atom stereocenters. The molecule has 0 amide bonds. The third-order valence-electron chi connectivity index (χ3n) is 2.87. The van der Waals surface area contributed by atoms with E-state index in [2.05, 4.69) is 24.9 Å². The van der Waals surface area contributed by atoms with E-state index in [1.165, 1.54) is 10.9 Å². The summed E-state index contributed by atoms with van der Waals surface area (Å²) in [5.74, 6) is -0.180. The van der Waals surface area contributed by atoms with Crippen LogP contribution in [0.15, 0.2) is 36.4 Å². The molecule has 0 aliphatic rings. The topological polar surface area (TPSA) is 12.0 Å². The Morgan fingerprint density at radius 2 is 2.22 bits per heavy atom. The van der Waals surface area contributed by atoms with Gasteiger partial charge in [-0.25, -0.2) is 4.39 Å². The fourth-order valence-electron chi connectivity index (χ4n) is 1.98. The van der Waals surface area contributed by atoms with E-state index in [9.17, 15) is 4.39 Å². The van der Waals surface area contributed by atoms with Crippen molar-refractivity contribution in [2.45, 2.75) is 26.3 Å². The van der Waals surface area contributed by atoms with Crippen LogP contribution in [0.4, 0.5) is 4.39 Å². The van der Waals surface area contributed by atoms with Crippen LogP contribution in [-0.2, 0) is 0 Å². The quantitative estimate of drug-likeness (QED) is 0.774. The molecule has 2 aromatic rings. The van der Waals surface area contributed by atoms with Gasteiger partial charge in [-0.15, -0.1) is 11.3 Å². The van der Waals surface area contributed by atoms with Gasteiger partial charge in [0.25, 0.3) is 0 Å². The summed E-state index contributed by atoms with van der Waals surface area (Å²) in [4.78, 5) is 1.21. The van der Waals surface area contributed by atoms with Gasteiger partial charge in [0.2, 0.25) is 0 Å². The maximum Gasteiger partial charge on any atom is 0.123 e. The second-order valence-electron chi connectivity index (χ2n) is 4.56. The summed E-state index contributed by atoms with van der Waals surface area (Å²) in [5.41, 5.74) is 1.09. The molecule has 0 saturated carbocycles. The summed E-state index contributed by atoms with van der Waals surface area (Å²) in [7, 11) is 0. The van der Waals surface area contributed by atoms with E-state index in [-0.39, 0.29) is 11.9 Å². The predicted octanol–water partition coefficient (Wildman–Crippen LogP) is 4.66. The zero-order valence-corrected chi connectivity index (χ0v) is 11.6. The van der Waals surface area contributed by atoms with Crippen molar-refractivity contribution < 1.29 is 4.39 Å². The summed E-state index contributed by atoms with van der Waals surface area (Å²) in [6, 6.07) is 7.17. The Kier molecular flexibility index (Phi) is 4.15. The molecule has 0 saturated heterocycles. The fourth-order valence-corrected chi connectivity index (χ4v) is 3.20. The van der Waals surface area contributed by atoms with E-state index in [0.717, 1.165) is 28.6 Å². The van der Waals surface area contributed by atoms with E-state index in [1.54, 1.807) is 17.4 Å². The van der Waals surface area contributed by atoms with Gasteiger partial charge < -0.3 is 5.32 Å². The van der Waals surface area contributed by atoms with Crippen molar-refractivity contribution in [2.24, 2.45) is 0 Å². The minimum Gasteiger partial charge on any atom is -0.306 e. The van der Waals surface area contributed by atoms with Crippen LogP contribution in [0.1, 0.15) is 31.2 Å². The van der Waals surface area contributed by atoms with Crippen molar-refractivity contribution in [1.29, 1.82) is 0 Å². The largest absolute Gasteiger partial charge is 0.306 e. The molecular weight excluding hydrogens is 245 g/mol. The summed E-state index contributed by atoms with van der Waals surface area (Å²) >= 11 is 1.70. The highest BCUT2D eigenvalue weighted by Gasteiger charge is 2.14. The number of hydrogen-bond donors (Lipinski definition) is 1. The average molecular weight is 263 g/mol. The number of halogens is 1. The summed E-state index contributed by atoms with van der Waals surface area (Å²) in [6.07, 6.45) is 1.09. The Balaban J connectivity index is 2.35. The second-order valence-corrected chi connectivity index (χ2v) is 5.68. The first-order valence-corrected chi connectivity index (χ1v) is 7.01. The maximum atomic E-state index is 13.2. The monoisotopic (exact) mass is 263 g/mol. The highest BCUT2D eigenvalue weighted by atomic mass is 32.1. The molecule has 1 N–H and O–H groups in total. The smallest absolute Gasteiger partial charge is 0.123 e. The first-order valence-electron chi connectivity index (χ1n) is 6.19. The molecule has 1 heterocycles. The van der Waals surface area contributed by atoms with E-state index in [1.807, 2.05) is 13.0 Å². The Morgan fingerprint density at radius 3 is 2.89 bits per heavy atom. The van der Waals surface area contributed by atoms with E-state index >= 15 is 0 Å². The van der Waals surface area contributed by atoms with Gasteiger partial charge in [-0.3, -0.25) is 0 Å². The van der Waals surface area contributed by atoms with Gasteiger partial charge in [-0.05, 0) is 49.5 Å². The van der Waals surface area contributed by atoms with Crippen LogP contribution in [0.3, 0.4) is 0 Å². The molecule has 1 atom stereocenters. The van der Waals surface area contributed by atoms with Gasteiger partial charge >= 0.3 is 0 Å². The number of nitrogens with one attached hydrogen (secondary N) is 1. The minimum atomic E-state index is -0.180. The molecule has 96 valence electrons. The van der Waals surface area contributed by atoms with Gasteiger partial charge in [0.05, 0.1) is 6.04 Å². The first-order chi connectivity index (χ1) is 8.61. The lowest BCUT2D eigenvalue weighted by molar-refractivity contribution is 0.598. The highest BCUT2D eigenvalue weighted by molar-refractivity contribution is 7.19. The van der Waals surface area contributed by atoms with Gasteiger partial charge in [-0.2, -0.15) is 0 Å². The molecule has 18 heavy (non-hydrogen) atoms. The van der Waals surface area contributed by atoms with Crippen LogP contribution < -0.4 is 5.32 Å². The number of thiophene rings is 1. The third kappa shape index (κ3) is 2.79. The molecule has 0 aliphatic heterocycles. The van der Waals surface area contributed by atoms with Crippen molar-refractivity contribution in [1.82, 2.24) is 5.32 Å². The van der Waals surface area contributed by atoms with E-state index in [4.69, 9.17) is 0 Å². The highest BCUT2D eigenvalue weighted by Crippen LogP contribution is 2.33. The second kappa shape index (κ2) is 5.63. The Morgan fingerprint density at radius 1 is 1.44 bits per heavy atom. The maximum absolute atomic E-state index is 13.2. The number of benzene rings is 1. The molecule has 1 nitrogen and oxygen atoms in total. The van der Waals surface area contributed by atoms with Crippen LogP contribution in [0.5, 0.6) is 0 Å². The van der Waals surface area contributed by atoms with Crippen LogP contribution >= 0.6 is 11.3 Å². The number of hydrogen-bond acceptors (Lipinski definition) is 2. The molecule has 1 aromatic heterocycles. The Bertz CT molecular complexity index is 559.